The number of unbranched alkanes of at least 4 members (excludes halogenated alkanes) is 1. The summed E-state index contributed by atoms with van der Waals surface area (Å²) >= 11 is 0. The summed E-state index contributed by atoms with van der Waals surface area (Å²) < 4.78 is 11.0. The van der Waals surface area contributed by atoms with Crippen molar-refractivity contribution in [3.8, 4) is 11.5 Å². The van der Waals surface area contributed by atoms with E-state index in [0.717, 1.165) is 79.0 Å². The summed E-state index contributed by atoms with van der Waals surface area (Å²) in [6.07, 6.45) is 4.82. The number of ketones is 1. The molecule has 3 aliphatic heterocycles. The van der Waals surface area contributed by atoms with E-state index in [-0.39, 0.29) is 18.0 Å². The number of para-hydroxylation sites is 1. The summed E-state index contributed by atoms with van der Waals surface area (Å²) in [5.41, 5.74) is 10.2. The highest BCUT2D eigenvalue weighted by atomic mass is 16.5. The number of nitrogens with zero attached hydrogens (tertiary/aromatic N) is 2. The van der Waals surface area contributed by atoms with Crippen molar-refractivity contribution in [2.24, 2.45) is 0 Å². The van der Waals surface area contributed by atoms with E-state index in [1.54, 1.807) is 14.2 Å². The second-order valence-electron chi connectivity index (χ2n) is 12.2. The van der Waals surface area contributed by atoms with Crippen LogP contribution >= 0.6 is 0 Å². The number of benzene rings is 3. The van der Waals surface area contributed by atoms with E-state index in [1.165, 1.54) is 33.3 Å². The Morgan fingerprint density at radius 2 is 1.55 bits per heavy atom. The maximum atomic E-state index is 14.8. The van der Waals surface area contributed by atoms with Gasteiger partial charge in [0, 0.05) is 57.4 Å². The summed E-state index contributed by atoms with van der Waals surface area (Å²) in [5, 5.41) is 2.50. The summed E-state index contributed by atoms with van der Waals surface area (Å²) in [5.74, 6) is 1.73. The molecule has 0 unspecified atom stereocenters. The van der Waals surface area contributed by atoms with Crippen LogP contribution in [-0.2, 0) is 12.8 Å². The van der Waals surface area contributed by atoms with E-state index in [9.17, 15) is 4.79 Å². The number of Topliss-reactive ketones (excluding diaryl/α,β-unsaturated/α-hetero) is 1. The zero-order valence-corrected chi connectivity index (χ0v) is 25.6. The molecule has 0 radical (unpaired) electrons. The first-order valence-corrected chi connectivity index (χ1v) is 15.8. The Kier molecular flexibility index (Phi) is 6.52. The first-order valence-electron chi connectivity index (χ1n) is 15.8. The maximum absolute atomic E-state index is 14.8. The van der Waals surface area contributed by atoms with E-state index in [1.807, 2.05) is 30.3 Å². The lowest BCUT2D eigenvalue weighted by atomic mass is 9.81. The van der Waals surface area contributed by atoms with Crippen LogP contribution in [0.2, 0.25) is 0 Å². The number of carbonyl (C=O) groups is 1. The first kappa shape index (κ1) is 27.1. The van der Waals surface area contributed by atoms with Crippen molar-refractivity contribution >= 4 is 27.6 Å². The molecule has 0 amide bonds. The van der Waals surface area contributed by atoms with Crippen molar-refractivity contribution in [1.29, 1.82) is 0 Å². The number of H-pyrrole nitrogens is 2. The Balaban J connectivity index is 1.37. The highest BCUT2D eigenvalue weighted by Gasteiger charge is 2.49. The molecule has 2 aromatic heterocycles. The van der Waals surface area contributed by atoms with Gasteiger partial charge < -0.3 is 24.3 Å². The number of hydrogen-bond donors (Lipinski definition) is 2. The van der Waals surface area contributed by atoms with Crippen LogP contribution in [0, 0.1) is 0 Å². The molecule has 44 heavy (non-hydrogen) atoms. The predicted octanol–water partition coefficient (Wildman–Crippen LogP) is 7.46. The van der Waals surface area contributed by atoms with Crippen LogP contribution in [0.4, 0.5) is 0 Å². The van der Waals surface area contributed by atoms with Crippen LogP contribution in [0.25, 0.3) is 21.8 Å². The zero-order chi connectivity index (χ0) is 29.9. The summed E-state index contributed by atoms with van der Waals surface area (Å²) in [4.78, 5) is 27.6. The molecule has 5 heterocycles. The molecule has 7 nitrogen and oxygen atoms in total. The smallest absolute Gasteiger partial charge is 0.192 e. The molecule has 7 heteroatoms. The Morgan fingerprint density at radius 3 is 2.34 bits per heavy atom. The average Bonchev–Trinajstić information content (AvgIpc) is 3.64. The van der Waals surface area contributed by atoms with Gasteiger partial charge in [-0.2, -0.15) is 0 Å². The molecule has 0 saturated carbocycles. The monoisotopic (exact) mass is 586 g/mol. The summed E-state index contributed by atoms with van der Waals surface area (Å²) in [6, 6.07) is 22.3. The molecule has 8 rings (SSSR count). The van der Waals surface area contributed by atoms with Gasteiger partial charge in [0.25, 0.3) is 0 Å². The molecule has 2 atom stereocenters. The maximum Gasteiger partial charge on any atom is 0.192 e. The number of hydrogen-bond acceptors (Lipinski definition) is 5. The number of allylic oxidation sites excluding steroid dienone is 1. The second kappa shape index (κ2) is 10.6. The molecule has 3 aliphatic rings. The van der Waals surface area contributed by atoms with Crippen molar-refractivity contribution < 1.29 is 14.3 Å². The molecule has 5 aromatic rings. The van der Waals surface area contributed by atoms with Crippen LogP contribution in [0.1, 0.15) is 71.3 Å². The topological polar surface area (TPSA) is 73.6 Å². The highest BCUT2D eigenvalue weighted by molar-refractivity contribution is 6.10. The SMILES string of the molecule is CCCCC1=C(C(=O)c2ccc(OC)cc2)[C@@H]2c3[nH]c4ccccc4c3CCN2[C@@H]2c3[nH]c4ccc(OC)cc4c3CCN12. The standard InChI is InChI=1S/C37H38N4O3/c1-4-5-10-31-32(36(42)22-11-13-23(43-2)14-12-22)35-33-26(25-8-6-7-9-29(25)38-33)18-20-41(35)37-34-27(17-19-40(31)37)28-21-24(44-3)15-16-30(28)39-34/h6-9,11-16,21,35,37-39H,4-5,10,17-20H2,1-3H3/t35-,37-/m1/s1. The minimum absolute atomic E-state index is 0.0148. The van der Waals surface area contributed by atoms with Crippen molar-refractivity contribution in [3.63, 3.8) is 0 Å². The second-order valence-corrected chi connectivity index (χ2v) is 12.2. The van der Waals surface area contributed by atoms with E-state index in [0.29, 0.717) is 5.56 Å². The van der Waals surface area contributed by atoms with Gasteiger partial charge in [0.05, 0.1) is 26.0 Å². The van der Waals surface area contributed by atoms with E-state index >= 15 is 0 Å². The van der Waals surface area contributed by atoms with Crippen molar-refractivity contribution in [2.75, 3.05) is 27.3 Å². The van der Waals surface area contributed by atoms with Crippen molar-refractivity contribution in [1.82, 2.24) is 19.8 Å². The van der Waals surface area contributed by atoms with Crippen LogP contribution in [0.5, 0.6) is 11.5 Å². The molecular weight excluding hydrogens is 548 g/mol. The lowest BCUT2D eigenvalue weighted by Gasteiger charge is -2.54. The number of aromatic nitrogens is 2. The van der Waals surface area contributed by atoms with E-state index < -0.39 is 0 Å². The Labute approximate surface area is 257 Å². The van der Waals surface area contributed by atoms with E-state index in [2.05, 4.69) is 63.1 Å². The van der Waals surface area contributed by atoms with Gasteiger partial charge in [0.15, 0.2) is 5.78 Å². The van der Waals surface area contributed by atoms with Crippen molar-refractivity contribution in [3.05, 3.63) is 106 Å². The zero-order valence-electron chi connectivity index (χ0n) is 25.6. The minimum Gasteiger partial charge on any atom is -0.497 e. The largest absolute Gasteiger partial charge is 0.497 e. The highest BCUT2D eigenvalue weighted by Crippen LogP contribution is 2.53. The molecule has 0 saturated heterocycles. The van der Waals surface area contributed by atoms with Gasteiger partial charge in [-0.3, -0.25) is 9.69 Å². The van der Waals surface area contributed by atoms with Crippen LogP contribution in [-0.4, -0.2) is 52.9 Å². The van der Waals surface area contributed by atoms with E-state index in [4.69, 9.17) is 9.47 Å². The van der Waals surface area contributed by atoms with Gasteiger partial charge in [-0.1, -0.05) is 31.5 Å². The normalized spacial score (nSPS) is 19.5. The third kappa shape index (κ3) is 4.02. The third-order valence-electron chi connectivity index (χ3n) is 9.98. The number of carbonyl (C=O) groups excluding carboxylic acids is 1. The lowest BCUT2D eigenvalue weighted by molar-refractivity contribution is 0.000622. The van der Waals surface area contributed by atoms with Gasteiger partial charge in [-0.15, -0.1) is 0 Å². The summed E-state index contributed by atoms with van der Waals surface area (Å²) in [7, 11) is 3.39. The molecule has 0 aliphatic carbocycles. The van der Waals surface area contributed by atoms with Gasteiger partial charge in [-0.25, -0.2) is 0 Å². The quantitative estimate of drug-likeness (QED) is 0.194. The fraction of sp³-hybridized carbons (Fsp3) is 0.324. The number of ether oxygens (including phenoxy) is 2. The molecular formula is C37H38N4O3. The molecule has 0 spiro atoms. The average molecular weight is 587 g/mol. The number of rotatable bonds is 7. The number of methoxy groups -OCH3 is 2. The van der Waals surface area contributed by atoms with Gasteiger partial charge in [-0.05, 0) is 85.3 Å². The van der Waals surface area contributed by atoms with Crippen LogP contribution < -0.4 is 9.47 Å². The van der Waals surface area contributed by atoms with Gasteiger partial charge in [0.1, 0.15) is 17.7 Å². The van der Waals surface area contributed by atoms with Crippen molar-refractivity contribution in [2.45, 2.75) is 51.2 Å². The molecule has 3 aromatic carbocycles. The molecule has 0 bridgehead atoms. The Morgan fingerprint density at radius 1 is 0.841 bits per heavy atom. The minimum atomic E-state index is -0.180. The molecule has 0 fully saturated rings. The van der Waals surface area contributed by atoms with Gasteiger partial charge >= 0.3 is 0 Å². The third-order valence-corrected chi connectivity index (χ3v) is 9.98. The van der Waals surface area contributed by atoms with Gasteiger partial charge in [0.2, 0.25) is 0 Å². The number of aromatic amines is 2. The lowest BCUT2D eigenvalue weighted by Crippen LogP contribution is -2.54. The predicted molar refractivity (Wildman–Crippen MR) is 173 cm³/mol. The first-order chi connectivity index (χ1) is 21.6. The molecule has 224 valence electrons. The fourth-order valence-electron chi connectivity index (χ4n) is 7.92. The van der Waals surface area contributed by atoms with Crippen LogP contribution in [0.3, 0.4) is 0 Å². The Hall–Kier alpha value is -4.49. The Bertz CT molecular complexity index is 1930. The van der Waals surface area contributed by atoms with Crippen LogP contribution in [0.15, 0.2) is 78.0 Å². The summed E-state index contributed by atoms with van der Waals surface area (Å²) in [6.45, 7) is 3.95. The number of fused-ring (bicyclic) bond motifs is 11. The number of nitrogens with one attached hydrogen (secondary N) is 2. The molecule has 2 N–H and O–H groups in total. The fourth-order valence-corrected chi connectivity index (χ4v) is 7.92.